The van der Waals surface area contributed by atoms with Crippen LogP contribution in [0.5, 0.6) is 0 Å². The maximum atomic E-state index is 11.9. The van der Waals surface area contributed by atoms with Crippen LogP contribution in [0.15, 0.2) is 23.8 Å². The van der Waals surface area contributed by atoms with Crippen LogP contribution in [0.1, 0.15) is 65.7 Å². The fourth-order valence-electron chi connectivity index (χ4n) is 7.59. The number of carboxylic acids is 1. The van der Waals surface area contributed by atoms with E-state index in [1.807, 2.05) is 6.08 Å². The van der Waals surface area contributed by atoms with Crippen molar-refractivity contribution < 1.29 is 19.8 Å². The van der Waals surface area contributed by atoms with Gasteiger partial charge in [0.1, 0.15) is 0 Å². The monoisotopic (exact) mass is 386 g/mol. The third kappa shape index (κ3) is 2.91. The molecule has 2 saturated carbocycles. The zero-order valence-electron chi connectivity index (χ0n) is 17.4. The van der Waals surface area contributed by atoms with E-state index in [0.29, 0.717) is 36.5 Å². The first-order valence-corrected chi connectivity index (χ1v) is 11.0. The third-order valence-corrected chi connectivity index (χ3v) is 9.16. The molecule has 4 heteroatoms. The van der Waals surface area contributed by atoms with Crippen LogP contribution in [-0.4, -0.2) is 28.1 Å². The molecule has 0 radical (unpaired) electrons. The van der Waals surface area contributed by atoms with Gasteiger partial charge in [0.15, 0.2) is 11.9 Å². The van der Waals surface area contributed by atoms with Gasteiger partial charge in [0.2, 0.25) is 0 Å². The van der Waals surface area contributed by atoms with Crippen LogP contribution >= 0.6 is 0 Å². The molecular formula is C24H34O4. The third-order valence-electron chi connectivity index (χ3n) is 9.16. The van der Waals surface area contributed by atoms with E-state index in [9.17, 15) is 14.7 Å². The van der Waals surface area contributed by atoms with Crippen molar-refractivity contribution in [2.75, 3.05) is 0 Å². The molecule has 0 bridgehead atoms. The Labute approximate surface area is 168 Å². The number of hydrogen-bond acceptors (Lipinski definition) is 3. The van der Waals surface area contributed by atoms with Gasteiger partial charge in [-0.1, -0.05) is 32.9 Å². The fraction of sp³-hybridized carbons (Fsp3) is 0.750. The Hall–Kier alpha value is -1.42. The predicted molar refractivity (Wildman–Crippen MR) is 108 cm³/mol. The lowest BCUT2D eigenvalue weighted by atomic mass is 9.48. The highest BCUT2D eigenvalue weighted by molar-refractivity contribution is 5.92. The van der Waals surface area contributed by atoms with Crippen molar-refractivity contribution in [2.24, 2.45) is 40.4 Å². The number of carboxylic acid groups (broad SMARTS) is 1. The fourth-order valence-corrected chi connectivity index (χ4v) is 7.59. The Morgan fingerprint density at radius 2 is 1.96 bits per heavy atom. The molecule has 0 amide bonds. The van der Waals surface area contributed by atoms with E-state index in [-0.39, 0.29) is 22.5 Å². The van der Waals surface area contributed by atoms with E-state index in [4.69, 9.17) is 5.11 Å². The summed E-state index contributed by atoms with van der Waals surface area (Å²) in [5, 5.41) is 19.0. The molecule has 2 fully saturated rings. The Balaban J connectivity index is 1.58. The van der Waals surface area contributed by atoms with Crippen molar-refractivity contribution in [1.29, 1.82) is 0 Å². The summed E-state index contributed by atoms with van der Waals surface area (Å²) in [4.78, 5) is 23.0. The lowest BCUT2D eigenvalue weighted by molar-refractivity contribution is -0.148. The molecule has 28 heavy (non-hydrogen) atoms. The van der Waals surface area contributed by atoms with Gasteiger partial charge < -0.3 is 10.2 Å². The smallest absolute Gasteiger partial charge is 0.332 e. The van der Waals surface area contributed by atoms with Gasteiger partial charge in [-0.25, -0.2) is 4.79 Å². The maximum Gasteiger partial charge on any atom is 0.332 e. The largest absolute Gasteiger partial charge is 0.479 e. The second-order valence-corrected chi connectivity index (χ2v) is 10.4. The molecule has 0 aliphatic heterocycles. The number of aliphatic hydroxyl groups is 1. The molecule has 4 rings (SSSR count). The molecule has 0 unspecified atom stereocenters. The van der Waals surface area contributed by atoms with Gasteiger partial charge in [-0.15, -0.1) is 0 Å². The summed E-state index contributed by atoms with van der Waals surface area (Å²) in [7, 11) is 0. The Morgan fingerprint density at radius 3 is 2.68 bits per heavy atom. The molecule has 154 valence electrons. The van der Waals surface area contributed by atoms with Crippen LogP contribution in [0.25, 0.3) is 0 Å². The first kappa shape index (κ1) is 19.9. The molecule has 0 spiro atoms. The minimum atomic E-state index is -1.25. The summed E-state index contributed by atoms with van der Waals surface area (Å²) in [5.41, 5.74) is 1.57. The zero-order valence-corrected chi connectivity index (χ0v) is 17.4. The van der Waals surface area contributed by atoms with Crippen molar-refractivity contribution in [1.82, 2.24) is 0 Å². The number of ketones is 1. The van der Waals surface area contributed by atoms with E-state index in [0.717, 1.165) is 12.8 Å². The van der Waals surface area contributed by atoms with Crippen LogP contribution in [0, 0.1) is 40.4 Å². The summed E-state index contributed by atoms with van der Waals surface area (Å²) in [6, 6.07) is 0. The molecule has 4 aliphatic rings. The topological polar surface area (TPSA) is 74.6 Å². The van der Waals surface area contributed by atoms with Crippen LogP contribution in [-0.2, 0) is 9.59 Å². The Morgan fingerprint density at radius 1 is 1.21 bits per heavy atom. The van der Waals surface area contributed by atoms with Crippen molar-refractivity contribution in [3.05, 3.63) is 23.8 Å². The molecule has 0 aromatic heterocycles. The molecule has 0 aromatic carbocycles. The minimum Gasteiger partial charge on any atom is -0.479 e. The second-order valence-electron chi connectivity index (χ2n) is 10.4. The molecule has 0 saturated heterocycles. The van der Waals surface area contributed by atoms with Crippen molar-refractivity contribution in [3.8, 4) is 0 Å². The Bertz CT molecular complexity index is 737. The zero-order chi connectivity index (χ0) is 20.3. The van der Waals surface area contributed by atoms with Gasteiger partial charge in [-0.05, 0) is 90.6 Å². The van der Waals surface area contributed by atoms with Gasteiger partial charge >= 0.3 is 5.97 Å². The van der Waals surface area contributed by atoms with Gasteiger partial charge in [0.05, 0.1) is 0 Å². The molecule has 8 atom stereocenters. The number of aliphatic hydroxyl groups excluding tert-OH is 1. The van der Waals surface area contributed by atoms with E-state index in [2.05, 4.69) is 32.9 Å². The van der Waals surface area contributed by atoms with Gasteiger partial charge in [-0.3, -0.25) is 4.79 Å². The van der Waals surface area contributed by atoms with Crippen LogP contribution < -0.4 is 0 Å². The summed E-state index contributed by atoms with van der Waals surface area (Å²) in [6.07, 6.45) is 11.9. The molecule has 4 nitrogen and oxygen atoms in total. The number of carbonyl (C=O) groups is 2. The quantitative estimate of drug-likeness (QED) is 0.752. The summed E-state index contributed by atoms with van der Waals surface area (Å²) >= 11 is 0. The van der Waals surface area contributed by atoms with Crippen LogP contribution in [0.2, 0.25) is 0 Å². The van der Waals surface area contributed by atoms with Crippen LogP contribution in [0.4, 0.5) is 0 Å². The predicted octanol–water partition coefficient (Wildman–Crippen LogP) is 4.38. The second kappa shape index (κ2) is 6.83. The Kier molecular flexibility index (Phi) is 4.85. The number of aliphatic carboxylic acids is 1. The summed E-state index contributed by atoms with van der Waals surface area (Å²) in [5.74, 6) is 1.62. The highest BCUT2D eigenvalue weighted by atomic mass is 16.4. The van der Waals surface area contributed by atoms with E-state index in [1.54, 1.807) is 0 Å². The van der Waals surface area contributed by atoms with Gasteiger partial charge in [0, 0.05) is 6.42 Å². The average Bonchev–Trinajstić information content (AvgIpc) is 2.99. The standard InChI is InChI=1S/C24H34O4/c1-14(12-21(26)22(27)28)18-6-7-19-17-5-4-15-13-16(25)8-10-23(15,2)20(17)9-11-24(18,19)3/h4-5,13-14,17-21,26H,6-12H2,1-3H3,(H,27,28)/t14-,17+,18-,19+,20+,21-,23+,24-/m1/s1. The number of rotatable bonds is 4. The normalized spacial score (nSPS) is 44.1. The highest BCUT2D eigenvalue weighted by Gasteiger charge is 2.58. The molecule has 2 N–H and O–H groups in total. The SMILES string of the molecule is C[C@H](C[C@@H](O)C(=O)O)[C@H]1CC[C@H]2[C@@H]3C=CC4=CC(=O)CC[C@]4(C)[C@H]3CC[C@]12C. The number of allylic oxidation sites excluding steroid dienone is 4. The van der Waals surface area contributed by atoms with E-state index >= 15 is 0 Å². The number of fused-ring (bicyclic) bond motifs is 5. The molecule has 0 aromatic rings. The molecule has 0 heterocycles. The molecule has 4 aliphatic carbocycles. The van der Waals surface area contributed by atoms with Gasteiger partial charge in [-0.2, -0.15) is 0 Å². The lowest BCUT2D eigenvalue weighted by Crippen LogP contribution is -2.49. The number of hydrogen-bond donors (Lipinski definition) is 2. The highest BCUT2D eigenvalue weighted by Crippen LogP contribution is 2.66. The minimum absolute atomic E-state index is 0.123. The first-order chi connectivity index (χ1) is 13.2. The van der Waals surface area contributed by atoms with Gasteiger partial charge in [0.25, 0.3) is 0 Å². The van der Waals surface area contributed by atoms with Crippen LogP contribution in [0.3, 0.4) is 0 Å². The first-order valence-electron chi connectivity index (χ1n) is 11.0. The van der Waals surface area contributed by atoms with Crippen molar-refractivity contribution >= 4 is 11.8 Å². The number of carbonyl (C=O) groups excluding carboxylic acids is 1. The maximum absolute atomic E-state index is 11.9. The summed E-state index contributed by atoms with van der Waals surface area (Å²) < 4.78 is 0. The van der Waals surface area contributed by atoms with E-state index < -0.39 is 12.1 Å². The molecular weight excluding hydrogens is 352 g/mol. The average molecular weight is 387 g/mol. The van der Waals surface area contributed by atoms with Crippen molar-refractivity contribution in [2.45, 2.75) is 71.8 Å². The van der Waals surface area contributed by atoms with Crippen molar-refractivity contribution in [3.63, 3.8) is 0 Å². The lowest BCUT2D eigenvalue weighted by Gasteiger charge is -2.56. The summed E-state index contributed by atoms with van der Waals surface area (Å²) in [6.45, 7) is 6.91. The van der Waals surface area contributed by atoms with E-state index in [1.165, 1.54) is 24.8 Å².